The lowest BCUT2D eigenvalue weighted by Gasteiger charge is -2.28. The minimum atomic E-state index is 0.571. The van der Waals surface area contributed by atoms with Crippen molar-refractivity contribution in [2.24, 2.45) is 0 Å². The summed E-state index contributed by atoms with van der Waals surface area (Å²) < 4.78 is 0. The van der Waals surface area contributed by atoms with Crippen molar-refractivity contribution >= 4 is 5.82 Å². The van der Waals surface area contributed by atoms with Crippen LogP contribution in [-0.4, -0.2) is 47.5 Å². The smallest absolute Gasteiger partial charge is 0.127 e. The molecule has 94 valence electrons. The van der Waals surface area contributed by atoms with Gasteiger partial charge in [0, 0.05) is 37.4 Å². The number of likely N-dealkylation sites (N-methyl/N-ethyl adjacent to an activating group) is 1. The minimum Gasteiger partial charge on any atom is -0.383 e. The van der Waals surface area contributed by atoms with E-state index in [9.17, 15) is 0 Å². The Hall–Kier alpha value is -1.13. The highest BCUT2D eigenvalue weighted by Gasteiger charge is 2.20. The predicted molar refractivity (Wildman–Crippen MR) is 70.6 cm³/mol. The number of hydrogen-bond donors (Lipinski definition) is 1. The quantitative estimate of drug-likeness (QED) is 0.835. The summed E-state index contributed by atoms with van der Waals surface area (Å²) in [4.78, 5) is 9.05. The van der Waals surface area contributed by atoms with Crippen LogP contribution in [-0.2, 0) is 6.54 Å². The van der Waals surface area contributed by atoms with Crippen molar-refractivity contribution in [1.82, 2.24) is 14.8 Å². The molecule has 2 N–H and O–H groups in total. The zero-order valence-corrected chi connectivity index (χ0v) is 10.8. The van der Waals surface area contributed by atoms with Crippen LogP contribution in [0.4, 0.5) is 5.82 Å². The number of nitrogen functional groups attached to an aromatic ring is 1. The lowest BCUT2D eigenvalue weighted by atomic mass is 10.2. The van der Waals surface area contributed by atoms with Crippen LogP contribution >= 0.6 is 0 Å². The summed E-state index contributed by atoms with van der Waals surface area (Å²) in [5.41, 5.74) is 7.04. The molecule has 1 aliphatic rings. The van der Waals surface area contributed by atoms with Crippen molar-refractivity contribution in [1.29, 1.82) is 0 Å². The summed E-state index contributed by atoms with van der Waals surface area (Å²) in [6.07, 6.45) is 2.97. The van der Waals surface area contributed by atoms with E-state index in [0.717, 1.165) is 25.2 Å². The Morgan fingerprint density at radius 3 is 3.06 bits per heavy atom. The van der Waals surface area contributed by atoms with E-state index in [2.05, 4.69) is 34.8 Å². The van der Waals surface area contributed by atoms with Crippen molar-refractivity contribution in [2.45, 2.75) is 25.9 Å². The molecule has 1 unspecified atom stereocenters. The van der Waals surface area contributed by atoms with E-state index in [0.29, 0.717) is 11.9 Å². The minimum absolute atomic E-state index is 0.571. The van der Waals surface area contributed by atoms with Gasteiger partial charge in [0.15, 0.2) is 0 Å². The normalized spacial score (nSPS) is 23.5. The van der Waals surface area contributed by atoms with Crippen LogP contribution in [0.25, 0.3) is 0 Å². The third-order valence-electron chi connectivity index (χ3n) is 3.48. The maximum absolute atomic E-state index is 5.90. The molecule has 0 aromatic carbocycles. The first-order chi connectivity index (χ1) is 8.16. The molecule has 0 radical (unpaired) electrons. The molecule has 1 aromatic heterocycles. The molecule has 0 amide bonds. The fourth-order valence-electron chi connectivity index (χ4n) is 2.46. The van der Waals surface area contributed by atoms with Gasteiger partial charge < -0.3 is 10.6 Å². The molecule has 1 fully saturated rings. The molecule has 2 rings (SSSR count). The number of rotatable bonds is 2. The second kappa shape index (κ2) is 5.47. The van der Waals surface area contributed by atoms with Crippen LogP contribution in [0.3, 0.4) is 0 Å². The van der Waals surface area contributed by atoms with Crippen molar-refractivity contribution in [3.05, 3.63) is 23.9 Å². The topological polar surface area (TPSA) is 45.4 Å². The average Bonchev–Trinajstić information content (AvgIpc) is 2.44. The highest BCUT2D eigenvalue weighted by molar-refractivity contribution is 5.38. The number of anilines is 1. The van der Waals surface area contributed by atoms with E-state index in [1.165, 1.54) is 13.0 Å². The first-order valence-electron chi connectivity index (χ1n) is 6.29. The van der Waals surface area contributed by atoms with Crippen LogP contribution in [0.1, 0.15) is 18.9 Å². The van der Waals surface area contributed by atoms with Crippen LogP contribution in [0, 0.1) is 0 Å². The van der Waals surface area contributed by atoms with Crippen molar-refractivity contribution < 1.29 is 0 Å². The van der Waals surface area contributed by atoms with Gasteiger partial charge in [-0.2, -0.15) is 0 Å². The van der Waals surface area contributed by atoms with Gasteiger partial charge >= 0.3 is 0 Å². The molecule has 0 spiro atoms. The van der Waals surface area contributed by atoms with Gasteiger partial charge in [0.25, 0.3) is 0 Å². The molecule has 4 heteroatoms. The highest BCUT2D eigenvalue weighted by Crippen LogP contribution is 2.15. The van der Waals surface area contributed by atoms with Gasteiger partial charge in [0.1, 0.15) is 5.82 Å². The molecule has 0 aliphatic carbocycles. The fraction of sp³-hybridized carbons (Fsp3) is 0.615. The maximum Gasteiger partial charge on any atom is 0.127 e. The lowest BCUT2D eigenvalue weighted by molar-refractivity contribution is 0.195. The summed E-state index contributed by atoms with van der Waals surface area (Å²) in [5, 5.41) is 0. The molecular formula is C13H22N4. The van der Waals surface area contributed by atoms with Crippen molar-refractivity contribution in [2.75, 3.05) is 32.4 Å². The Bertz CT molecular complexity index is 366. The second-order valence-electron chi connectivity index (χ2n) is 4.98. The van der Waals surface area contributed by atoms with E-state index < -0.39 is 0 Å². The molecule has 1 saturated heterocycles. The Labute approximate surface area is 103 Å². The molecule has 1 aromatic rings. The van der Waals surface area contributed by atoms with E-state index in [-0.39, 0.29) is 0 Å². The third kappa shape index (κ3) is 3.17. The highest BCUT2D eigenvalue weighted by atomic mass is 15.2. The Balaban J connectivity index is 2.05. The van der Waals surface area contributed by atoms with Gasteiger partial charge in [-0.15, -0.1) is 0 Å². The van der Waals surface area contributed by atoms with Crippen molar-refractivity contribution in [3.8, 4) is 0 Å². The summed E-state index contributed by atoms with van der Waals surface area (Å²) in [6.45, 7) is 6.65. The lowest BCUT2D eigenvalue weighted by Crippen LogP contribution is -2.37. The molecule has 0 bridgehead atoms. The number of nitrogens with zero attached hydrogens (tertiary/aromatic N) is 3. The summed E-state index contributed by atoms with van der Waals surface area (Å²) in [6, 6.07) is 4.60. The summed E-state index contributed by atoms with van der Waals surface area (Å²) in [7, 11) is 2.19. The zero-order valence-electron chi connectivity index (χ0n) is 10.8. The molecular weight excluding hydrogens is 212 g/mol. The van der Waals surface area contributed by atoms with E-state index >= 15 is 0 Å². The van der Waals surface area contributed by atoms with Gasteiger partial charge in [0.2, 0.25) is 0 Å². The van der Waals surface area contributed by atoms with Gasteiger partial charge in [-0.1, -0.05) is 6.07 Å². The third-order valence-corrected chi connectivity index (χ3v) is 3.48. The van der Waals surface area contributed by atoms with Crippen LogP contribution < -0.4 is 5.73 Å². The standard InChI is InChI=1S/C13H22N4/c1-11-9-16(2)7-4-8-17(11)10-12-5-3-6-15-13(12)14/h3,5-6,11H,4,7-10H2,1-2H3,(H2,14,15). The Morgan fingerprint density at radius 1 is 1.47 bits per heavy atom. The molecule has 2 heterocycles. The average molecular weight is 234 g/mol. The number of aromatic nitrogens is 1. The van der Waals surface area contributed by atoms with Gasteiger partial charge in [-0.05, 0) is 33.0 Å². The fourth-order valence-corrected chi connectivity index (χ4v) is 2.46. The van der Waals surface area contributed by atoms with Gasteiger partial charge in [-0.3, -0.25) is 4.90 Å². The van der Waals surface area contributed by atoms with Crippen molar-refractivity contribution in [3.63, 3.8) is 0 Å². The SMILES string of the molecule is CC1CN(C)CCCN1Cc1cccnc1N. The molecule has 1 atom stereocenters. The van der Waals surface area contributed by atoms with Crippen LogP contribution in [0.5, 0.6) is 0 Å². The largest absolute Gasteiger partial charge is 0.383 e. The first-order valence-corrected chi connectivity index (χ1v) is 6.29. The predicted octanol–water partition coefficient (Wildman–Crippen LogP) is 1.19. The van der Waals surface area contributed by atoms with E-state index in [4.69, 9.17) is 5.73 Å². The van der Waals surface area contributed by atoms with Crippen LogP contribution in [0.15, 0.2) is 18.3 Å². The summed E-state index contributed by atoms with van der Waals surface area (Å²) in [5.74, 6) is 0.664. The van der Waals surface area contributed by atoms with E-state index in [1.807, 2.05) is 6.07 Å². The number of nitrogens with two attached hydrogens (primary N) is 1. The Morgan fingerprint density at radius 2 is 2.29 bits per heavy atom. The molecule has 1 aliphatic heterocycles. The molecule has 4 nitrogen and oxygen atoms in total. The molecule has 17 heavy (non-hydrogen) atoms. The van der Waals surface area contributed by atoms with E-state index in [1.54, 1.807) is 6.20 Å². The maximum atomic E-state index is 5.90. The first kappa shape index (κ1) is 12.3. The Kier molecular flexibility index (Phi) is 3.97. The second-order valence-corrected chi connectivity index (χ2v) is 4.98. The van der Waals surface area contributed by atoms with Gasteiger partial charge in [-0.25, -0.2) is 4.98 Å². The molecule has 0 saturated carbocycles. The number of hydrogen-bond acceptors (Lipinski definition) is 4. The summed E-state index contributed by atoms with van der Waals surface area (Å²) >= 11 is 0. The van der Waals surface area contributed by atoms with Gasteiger partial charge in [0.05, 0.1) is 0 Å². The number of pyridine rings is 1. The van der Waals surface area contributed by atoms with Crippen LogP contribution in [0.2, 0.25) is 0 Å². The zero-order chi connectivity index (χ0) is 12.3. The monoisotopic (exact) mass is 234 g/mol.